The molecule has 0 unspecified atom stereocenters. The average molecular weight is 328 g/mol. The van der Waals surface area contributed by atoms with Gasteiger partial charge in [0.25, 0.3) is 0 Å². The average Bonchev–Trinajstić information content (AvgIpc) is 2.68. The summed E-state index contributed by atoms with van der Waals surface area (Å²) < 4.78 is 14.9. The fourth-order valence-corrected chi connectivity index (χ4v) is 3.05. The first-order valence-corrected chi connectivity index (χ1v) is 6.27. The fraction of sp³-hybridized carbons (Fsp3) is 0.250. The topological polar surface area (TPSA) is 24.9 Å². The van der Waals surface area contributed by atoms with E-state index in [-0.39, 0.29) is 5.82 Å². The summed E-state index contributed by atoms with van der Waals surface area (Å²) in [5, 5.41) is 4.22. The van der Waals surface area contributed by atoms with Gasteiger partial charge in [-0.2, -0.15) is 0 Å². The number of nitrogens with zero attached hydrogens (tertiary/aromatic N) is 1. The second-order valence-corrected chi connectivity index (χ2v) is 5.15. The van der Waals surface area contributed by atoms with Crippen molar-refractivity contribution in [3.8, 4) is 0 Å². The highest BCUT2D eigenvalue weighted by Gasteiger charge is 2.19. The molecule has 0 aliphatic carbocycles. The van der Waals surface area contributed by atoms with Gasteiger partial charge in [0.2, 0.25) is 0 Å². The molecule has 0 fully saturated rings. The van der Waals surface area contributed by atoms with Crippen molar-refractivity contribution >= 4 is 39.2 Å². The molecule has 2 heterocycles. The summed E-state index contributed by atoms with van der Waals surface area (Å²) in [6.45, 7) is 2.80. The van der Waals surface area contributed by atoms with Gasteiger partial charge in [-0.05, 0) is 47.2 Å². The van der Waals surface area contributed by atoms with Crippen LogP contribution in [0, 0.1) is 16.3 Å². The van der Waals surface area contributed by atoms with Crippen molar-refractivity contribution in [3.63, 3.8) is 0 Å². The maximum absolute atomic E-state index is 13.8. The Hall–Kier alpha value is -0.910. The summed E-state index contributed by atoms with van der Waals surface area (Å²) in [5.74, 6) is -0.220. The van der Waals surface area contributed by atoms with Crippen molar-refractivity contribution in [1.82, 2.24) is 4.98 Å². The normalized spacial score (nSPS) is 13.9. The summed E-state index contributed by atoms with van der Waals surface area (Å²) in [6.07, 6.45) is 0.884. The Morgan fingerprint density at radius 2 is 2.25 bits per heavy atom. The molecule has 1 aromatic heterocycles. The lowest BCUT2D eigenvalue weighted by atomic mass is 10.1. The highest BCUT2D eigenvalue weighted by atomic mass is 127. The van der Waals surface area contributed by atoms with Gasteiger partial charge in [0.15, 0.2) is 0 Å². The fourth-order valence-electron chi connectivity index (χ4n) is 2.13. The molecule has 0 saturated heterocycles. The van der Waals surface area contributed by atoms with Gasteiger partial charge in [-0.25, -0.2) is 9.37 Å². The zero-order valence-corrected chi connectivity index (χ0v) is 10.9. The third kappa shape index (κ3) is 1.39. The first kappa shape index (κ1) is 10.3. The van der Waals surface area contributed by atoms with Crippen molar-refractivity contribution in [3.05, 3.63) is 32.8 Å². The Kier molecular flexibility index (Phi) is 2.27. The Balaban J connectivity index is 2.46. The molecular formula is C12H10FIN2. The van der Waals surface area contributed by atoms with Gasteiger partial charge in [0.05, 0.1) is 11.4 Å². The molecule has 1 aliphatic rings. The van der Waals surface area contributed by atoms with Crippen LogP contribution in [0.2, 0.25) is 0 Å². The number of benzene rings is 1. The van der Waals surface area contributed by atoms with E-state index in [1.165, 1.54) is 0 Å². The molecule has 3 rings (SSSR count). The zero-order chi connectivity index (χ0) is 11.3. The monoisotopic (exact) mass is 328 g/mol. The number of halogens is 2. The number of pyridine rings is 1. The molecule has 0 spiro atoms. The number of nitrogens with one attached hydrogen (secondary N) is 1. The molecule has 0 atom stereocenters. The van der Waals surface area contributed by atoms with Crippen molar-refractivity contribution in [2.24, 2.45) is 0 Å². The molecular weight excluding hydrogens is 318 g/mol. The van der Waals surface area contributed by atoms with E-state index in [0.29, 0.717) is 5.52 Å². The minimum atomic E-state index is -0.220. The van der Waals surface area contributed by atoms with Crippen molar-refractivity contribution in [1.29, 1.82) is 0 Å². The van der Waals surface area contributed by atoms with E-state index < -0.39 is 0 Å². The van der Waals surface area contributed by atoms with E-state index >= 15 is 0 Å². The third-order valence-corrected chi connectivity index (χ3v) is 3.98. The molecule has 0 radical (unpaired) electrons. The predicted octanol–water partition coefficient (Wildman–Crippen LogP) is 3.25. The summed E-state index contributed by atoms with van der Waals surface area (Å²) in [4.78, 5) is 4.41. The van der Waals surface area contributed by atoms with Crippen LogP contribution in [-0.2, 0) is 6.42 Å². The lowest BCUT2D eigenvalue weighted by Gasteiger charge is -2.08. The molecule has 2 nitrogen and oxygen atoms in total. The highest BCUT2D eigenvalue weighted by molar-refractivity contribution is 14.1. The van der Waals surface area contributed by atoms with Crippen LogP contribution in [0.3, 0.4) is 0 Å². The van der Waals surface area contributed by atoms with E-state index in [4.69, 9.17) is 0 Å². The van der Waals surface area contributed by atoms with E-state index in [9.17, 15) is 4.39 Å². The van der Waals surface area contributed by atoms with E-state index in [1.807, 2.05) is 13.0 Å². The molecule has 1 aromatic carbocycles. The second kappa shape index (κ2) is 3.55. The van der Waals surface area contributed by atoms with Crippen molar-refractivity contribution in [2.75, 3.05) is 11.9 Å². The Bertz CT molecular complexity index is 595. The van der Waals surface area contributed by atoms with Crippen LogP contribution in [-0.4, -0.2) is 11.5 Å². The Morgan fingerprint density at radius 1 is 1.44 bits per heavy atom. The summed E-state index contributed by atoms with van der Waals surface area (Å²) in [7, 11) is 0. The molecule has 0 saturated carbocycles. The first-order chi connectivity index (χ1) is 7.66. The van der Waals surface area contributed by atoms with Crippen molar-refractivity contribution < 1.29 is 4.39 Å². The van der Waals surface area contributed by atoms with Crippen LogP contribution < -0.4 is 5.32 Å². The van der Waals surface area contributed by atoms with Gasteiger partial charge in [0, 0.05) is 21.9 Å². The molecule has 0 amide bonds. The van der Waals surface area contributed by atoms with Crippen LogP contribution in [0.4, 0.5) is 10.1 Å². The molecule has 1 aliphatic heterocycles. The SMILES string of the molecule is Cc1cc(F)c2nc3c(c(I)c2c1)NCC3. The quantitative estimate of drug-likeness (QED) is 0.751. The van der Waals surface area contributed by atoms with Gasteiger partial charge in [-0.1, -0.05) is 0 Å². The summed E-state index contributed by atoms with van der Waals surface area (Å²) >= 11 is 2.27. The minimum Gasteiger partial charge on any atom is -0.382 e. The number of rotatable bonds is 0. The maximum atomic E-state index is 13.8. The van der Waals surface area contributed by atoms with Crippen LogP contribution in [0.25, 0.3) is 10.9 Å². The van der Waals surface area contributed by atoms with Crippen LogP contribution in [0.15, 0.2) is 12.1 Å². The third-order valence-electron chi connectivity index (χ3n) is 2.86. The molecule has 4 heteroatoms. The molecule has 2 aromatic rings. The van der Waals surface area contributed by atoms with Crippen LogP contribution >= 0.6 is 22.6 Å². The molecule has 0 bridgehead atoms. The lowest BCUT2D eigenvalue weighted by Crippen LogP contribution is -1.96. The van der Waals surface area contributed by atoms with E-state index in [2.05, 4.69) is 32.9 Å². The van der Waals surface area contributed by atoms with Gasteiger partial charge < -0.3 is 5.32 Å². The molecule has 16 heavy (non-hydrogen) atoms. The van der Waals surface area contributed by atoms with Crippen molar-refractivity contribution in [2.45, 2.75) is 13.3 Å². The Labute approximate surface area is 106 Å². The molecule has 1 N–H and O–H groups in total. The maximum Gasteiger partial charge on any atom is 0.149 e. The Morgan fingerprint density at radius 3 is 3.06 bits per heavy atom. The first-order valence-electron chi connectivity index (χ1n) is 5.19. The largest absolute Gasteiger partial charge is 0.382 e. The number of fused-ring (bicyclic) bond motifs is 2. The van der Waals surface area contributed by atoms with E-state index in [1.54, 1.807) is 6.07 Å². The number of hydrogen-bond donors (Lipinski definition) is 1. The smallest absolute Gasteiger partial charge is 0.149 e. The number of hydrogen-bond acceptors (Lipinski definition) is 2. The van der Waals surface area contributed by atoms with Crippen LogP contribution in [0.1, 0.15) is 11.3 Å². The highest BCUT2D eigenvalue weighted by Crippen LogP contribution is 2.33. The zero-order valence-electron chi connectivity index (χ0n) is 8.77. The van der Waals surface area contributed by atoms with E-state index in [0.717, 1.165) is 38.9 Å². The molecule has 82 valence electrons. The summed E-state index contributed by atoms with van der Waals surface area (Å²) in [5.41, 5.74) is 3.50. The second-order valence-electron chi connectivity index (χ2n) is 4.07. The van der Waals surface area contributed by atoms with Gasteiger partial charge >= 0.3 is 0 Å². The number of aromatic nitrogens is 1. The van der Waals surface area contributed by atoms with Gasteiger partial charge in [-0.15, -0.1) is 0 Å². The van der Waals surface area contributed by atoms with Gasteiger partial charge in [0.1, 0.15) is 11.3 Å². The number of aryl methyl sites for hydroxylation is 1. The number of anilines is 1. The standard InChI is InChI=1S/C12H10FIN2/c1-6-4-7-10(14)12-9(2-3-15-12)16-11(7)8(13)5-6/h4-5,15H,2-3H2,1H3. The predicted molar refractivity (Wildman–Crippen MR) is 71.3 cm³/mol. The summed E-state index contributed by atoms with van der Waals surface area (Å²) in [6, 6.07) is 3.54. The minimum absolute atomic E-state index is 0.220. The lowest BCUT2D eigenvalue weighted by molar-refractivity contribution is 0.635. The van der Waals surface area contributed by atoms with Crippen LogP contribution in [0.5, 0.6) is 0 Å². The van der Waals surface area contributed by atoms with Gasteiger partial charge in [-0.3, -0.25) is 0 Å².